The van der Waals surface area contributed by atoms with Crippen LogP contribution in [-0.4, -0.2) is 22.3 Å². The van der Waals surface area contributed by atoms with Gasteiger partial charge in [-0.1, -0.05) is 0 Å². The Balaban J connectivity index is 2.70. The van der Waals surface area contributed by atoms with Gasteiger partial charge in [-0.05, 0) is 0 Å². The highest BCUT2D eigenvalue weighted by Crippen LogP contribution is 2.50. The molecule has 1 saturated carbocycles. The van der Waals surface area contributed by atoms with Gasteiger partial charge in [-0.2, -0.15) is 8.78 Å². The minimum atomic E-state index is -3.77. The molecule has 0 bridgehead atoms. The third-order valence-electron chi connectivity index (χ3n) is 1.35. The minimum Gasteiger partial charge on any atom is -0.357 e. The van der Waals surface area contributed by atoms with Crippen LogP contribution in [0.1, 0.15) is 6.42 Å². The molecule has 1 fully saturated rings. The fraction of sp³-hybridized carbons (Fsp3) is 1.00. The Hall–Kier alpha value is 0.0400. The van der Waals surface area contributed by atoms with Crippen molar-refractivity contribution in [3.63, 3.8) is 0 Å². The molecule has 0 spiro atoms. The van der Waals surface area contributed by atoms with Crippen LogP contribution in [0.2, 0.25) is 0 Å². The van der Waals surface area contributed by atoms with E-state index in [4.69, 9.17) is 16.7 Å². The van der Waals surface area contributed by atoms with Gasteiger partial charge in [0.25, 0.3) is 5.85 Å². The average Bonchev–Trinajstić information content (AvgIpc) is 1.65. The lowest BCUT2D eigenvalue weighted by atomic mass is 9.87. The first-order valence-corrected chi connectivity index (χ1v) is 2.75. The molecule has 54 valence electrons. The first kappa shape index (κ1) is 7.15. The van der Waals surface area contributed by atoms with Crippen molar-refractivity contribution in [2.75, 3.05) is 0 Å². The van der Waals surface area contributed by atoms with E-state index in [0.29, 0.717) is 0 Å². The van der Waals surface area contributed by atoms with Crippen LogP contribution in [-0.2, 0) is 0 Å². The first-order chi connectivity index (χ1) is 3.88. The van der Waals surface area contributed by atoms with Gasteiger partial charge in [0.2, 0.25) is 0 Å². The standard InChI is InChI=1S/C4H4ClF3O/c5-2-1-3(6,9)4(2,7)8/h2,9H,1H2. The van der Waals surface area contributed by atoms with Crippen LogP contribution in [0.3, 0.4) is 0 Å². The van der Waals surface area contributed by atoms with Gasteiger partial charge in [0, 0.05) is 6.42 Å². The summed E-state index contributed by atoms with van der Waals surface area (Å²) in [6.07, 6.45) is -0.693. The molecule has 2 unspecified atom stereocenters. The minimum absolute atomic E-state index is 0.693. The highest BCUT2D eigenvalue weighted by molar-refractivity contribution is 6.22. The zero-order valence-electron chi connectivity index (χ0n) is 4.24. The van der Waals surface area contributed by atoms with Crippen molar-refractivity contribution < 1.29 is 18.3 Å². The van der Waals surface area contributed by atoms with Crippen molar-refractivity contribution in [2.45, 2.75) is 23.6 Å². The lowest BCUT2D eigenvalue weighted by Gasteiger charge is -2.41. The van der Waals surface area contributed by atoms with Crippen LogP contribution in [0.15, 0.2) is 0 Å². The van der Waals surface area contributed by atoms with E-state index in [-0.39, 0.29) is 0 Å². The number of halogens is 4. The predicted octanol–water partition coefficient (Wildman–Crippen LogP) is 1.29. The molecule has 0 saturated heterocycles. The summed E-state index contributed by atoms with van der Waals surface area (Å²) in [5.74, 6) is -7.14. The summed E-state index contributed by atoms with van der Waals surface area (Å²) >= 11 is 4.88. The quantitative estimate of drug-likeness (QED) is 0.530. The fourth-order valence-corrected chi connectivity index (χ4v) is 0.982. The molecular formula is C4H4ClF3O. The Morgan fingerprint density at radius 2 is 1.89 bits per heavy atom. The van der Waals surface area contributed by atoms with Gasteiger partial charge in [-0.25, -0.2) is 4.39 Å². The Labute approximate surface area is 54.4 Å². The molecule has 1 N–H and O–H groups in total. The fourth-order valence-electron chi connectivity index (χ4n) is 0.611. The maximum atomic E-state index is 12.0. The monoisotopic (exact) mass is 160 g/mol. The zero-order valence-corrected chi connectivity index (χ0v) is 5.00. The summed E-state index contributed by atoms with van der Waals surface area (Å²) in [6.45, 7) is 0. The summed E-state index contributed by atoms with van der Waals surface area (Å²) in [7, 11) is 0. The second-order valence-corrected chi connectivity index (χ2v) is 2.58. The van der Waals surface area contributed by atoms with Crippen LogP contribution in [0, 0.1) is 0 Å². The molecule has 9 heavy (non-hydrogen) atoms. The van der Waals surface area contributed by atoms with E-state index in [9.17, 15) is 13.2 Å². The van der Waals surface area contributed by atoms with Crippen LogP contribution in [0.25, 0.3) is 0 Å². The second kappa shape index (κ2) is 1.55. The molecule has 0 aromatic carbocycles. The molecule has 0 aromatic heterocycles. The first-order valence-electron chi connectivity index (χ1n) is 2.31. The van der Waals surface area contributed by atoms with Gasteiger partial charge in [-0.3, -0.25) is 0 Å². The lowest BCUT2D eigenvalue weighted by Crippen LogP contribution is -2.62. The largest absolute Gasteiger partial charge is 0.357 e. The summed E-state index contributed by atoms with van der Waals surface area (Å²) in [5.41, 5.74) is 0. The third kappa shape index (κ3) is 0.730. The van der Waals surface area contributed by atoms with E-state index < -0.39 is 23.6 Å². The average molecular weight is 161 g/mol. The van der Waals surface area contributed by atoms with Crippen molar-refractivity contribution in [3.05, 3.63) is 0 Å². The third-order valence-corrected chi connectivity index (χ3v) is 1.78. The summed E-state index contributed by atoms with van der Waals surface area (Å²) < 4.78 is 35.9. The van der Waals surface area contributed by atoms with E-state index in [1.165, 1.54) is 0 Å². The van der Waals surface area contributed by atoms with Crippen LogP contribution in [0.5, 0.6) is 0 Å². The molecule has 1 aliphatic carbocycles. The summed E-state index contributed by atoms with van der Waals surface area (Å²) in [4.78, 5) is 0. The molecule has 0 amide bonds. The van der Waals surface area contributed by atoms with Crippen molar-refractivity contribution in [1.29, 1.82) is 0 Å². The van der Waals surface area contributed by atoms with E-state index in [1.54, 1.807) is 0 Å². The van der Waals surface area contributed by atoms with Crippen LogP contribution in [0.4, 0.5) is 13.2 Å². The Morgan fingerprint density at radius 3 is 1.89 bits per heavy atom. The van der Waals surface area contributed by atoms with Crippen molar-refractivity contribution in [1.82, 2.24) is 0 Å². The van der Waals surface area contributed by atoms with Gasteiger partial charge in [0.05, 0.1) is 0 Å². The van der Waals surface area contributed by atoms with Crippen LogP contribution >= 0.6 is 11.6 Å². The number of hydrogen-bond donors (Lipinski definition) is 1. The molecule has 0 radical (unpaired) electrons. The zero-order chi connectivity index (χ0) is 7.28. The number of alkyl halides is 4. The summed E-state index contributed by atoms with van der Waals surface area (Å²) in [6, 6.07) is 0. The molecular weight excluding hydrogens is 156 g/mol. The normalized spacial score (nSPS) is 48.3. The van der Waals surface area contributed by atoms with Crippen molar-refractivity contribution in [3.8, 4) is 0 Å². The molecule has 1 aliphatic rings. The van der Waals surface area contributed by atoms with E-state index in [1.807, 2.05) is 0 Å². The lowest BCUT2D eigenvalue weighted by molar-refractivity contribution is -0.310. The van der Waals surface area contributed by atoms with E-state index in [0.717, 1.165) is 0 Å². The molecule has 0 aliphatic heterocycles. The maximum Gasteiger partial charge on any atom is 0.321 e. The maximum absolute atomic E-state index is 12.0. The smallest absolute Gasteiger partial charge is 0.321 e. The highest BCUT2D eigenvalue weighted by Gasteiger charge is 2.69. The van der Waals surface area contributed by atoms with Gasteiger partial charge in [0.1, 0.15) is 5.38 Å². The van der Waals surface area contributed by atoms with Gasteiger partial charge >= 0.3 is 5.92 Å². The Kier molecular flexibility index (Phi) is 1.23. The second-order valence-electron chi connectivity index (χ2n) is 2.05. The predicted molar refractivity (Wildman–Crippen MR) is 25.3 cm³/mol. The highest BCUT2D eigenvalue weighted by atomic mass is 35.5. The number of rotatable bonds is 0. The SMILES string of the molecule is OC1(F)CC(Cl)C1(F)F. The molecule has 5 heteroatoms. The van der Waals surface area contributed by atoms with Crippen molar-refractivity contribution >= 4 is 11.6 Å². The molecule has 0 aromatic rings. The van der Waals surface area contributed by atoms with Crippen LogP contribution < -0.4 is 0 Å². The van der Waals surface area contributed by atoms with Gasteiger partial charge in [0.15, 0.2) is 0 Å². The molecule has 1 nitrogen and oxygen atoms in total. The Morgan fingerprint density at radius 1 is 1.44 bits per heavy atom. The molecule has 1 rings (SSSR count). The van der Waals surface area contributed by atoms with Gasteiger partial charge < -0.3 is 5.11 Å². The van der Waals surface area contributed by atoms with Gasteiger partial charge in [-0.15, -0.1) is 11.6 Å². The summed E-state index contributed by atoms with van der Waals surface area (Å²) in [5, 5.41) is 6.55. The topological polar surface area (TPSA) is 20.2 Å². The molecule has 2 atom stereocenters. The van der Waals surface area contributed by atoms with E-state index in [2.05, 4.69) is 0 Å². The van der Waals surface area contributed by atoms with E-state index >= 15 is 0 Å². The Bertz CT molecular complexity index is 136. The number of aliphatic hydroxyl groups is 1. The number of hydrogen-bond acceptors (Lipinski definition) is 1. The van der Waals surface area contributed by atoms with Crippen molar-refractivity contribution in [2.24, 2.45) is 0 Å². The molecule has 0 heterocycles.